The first-order valence-electron chi connectivity index (χ1n) is 4.13. The third kappa shape index (κ3) is 5.58. The van der Waals surface area contributed by atoms with Crippen LogP contribution in [0.15, 0.2) is 30.3 Å². The monoisotopic (exact) mass is 202 g/mol. The molecule has 1 aromatic carbocycles. The minimum Gasteiger partial charge on any atom is -0.321 e. The highest BCUT2D eigenvalue weighted by molar-refractivity contribution is 7.60. The normalized spacial score (nSPS) is 10.2. The lowest BCUT2D eigenvalue weighted by atomic mass is 10.4. The Kier molecular flexibility index (Phi) is 5.63. The molecule has 4 heteroatoms. The molecule has 0 aliphatic heterocycles. The van der Waals surface area contributed by atoms with Gasteiger partial charge in [0.25, 0.3) is 0 Å². The third-order valence-electron chi connectivity index (χ3n) is 1.09. The second kappa shape index (κ2) is 5.92. The van der Waals surface area contributed by atoms with Gasteiger partial charge in [-0.25, -0.2) is 0 Å². The van der Waals surface area contributed by atoms with Gasteiger partial charge in [-0.15, -0.1) is 0 Å². The second-order valence-corrected chi connectivity index (χ2v) is 4.19. The molecular weight excluding hydrogens is 187 g/mol. The SMILES string of the molecule is CCC.O=P(O)(O)c1ccccc1. The minimum atomic E-state index is -4.02. The molecule has 0 amide bonds. The Morgan fingerprint density at radius 3 is 1.77 bits per heavy atom. The molecular formula is C9H15O3P. The van der Waals surface area contributed by atoms with E-state index in [4.69, 9.17) is 9.79 Å². The van der Waals surface area contributed by atoms with Crippen LogP contribution in [0.1, 0.15) is 20.3 Å². The van der Waals surface area contributed by atoms with Gasteiger partial charge in [-0.1, -0.05) is 38.5 Å². The lowest BCUT2D eigenvalue weighted by Gasteiger charge is -2.00. The zero-order chi connectivity index (χ0) is 10.3. The predicted molar refractivity (Wildman–Crippen MR) is 54.1 cm³/mol. The van der Waals surface area contributed by atoms with E-state index < -0.39 is 7.60 Å². The maximum atomic E-state index is 10.5. The van der Waals surface area contributed by atoms with Gasteiger partial charge in [0.1, 0.15) is 0 Å². The van der Waals surface area contributed by atoms with Crippen LogP contribution in [0.25, 0.3) is 0 Å². The van der Waals surface area contributed by atoms with Crippen molar-refractivity contribution in [2.24, 2.45) is 0 Å². The first-order valence-corrected chi connectivity index (χ1v) is 5.74. The van der Waals surface area contributed by atoms with Gasteiger partial charge in [0.2, 0.25) is 0 Å². The number of hydrogen-bond donors (Lipinski definition) is 2. The van der Waals surface area contributed by atoms with Gasteiger partial charge in [-0.2, -0.15) is 0 Å². The maximum absolute atomic E-state index is 10.5. The zero-order valence-electron chi connectivity index (χ0n) is 7.84. The van der Waals surface area contributed by atoms with Crippen LogP contribution in [0.2, 0.25) is 0 Å². The molecule has 0 fully saturated rings. The second-order valence-electron chi connectivity index (χ2n) is 2.59. The standard InChI is InChI=1S/C6H7O3P.C3H8/c7-10(8,9)6-4-2-1-3-5-6;1-3-2/h1-5H,(H2,7,8,9);3H2,1-2H3. The first-order chi connectivity index (χ1) is 6.02. The predicted octanol–water partition coefficient (Wildman–Crippen LogP) is 1.91. The van der Waals surface area contributed by atoms with E-state index in [0.29, 0.717) is 0 Å². The molecule has 74 valence electrons. The van der Waals surface area contributed by atoms with Crippen molar-refractivity contribution >= 4 is 12.9 Å². The number of hydrogen-bond acceptors (Lipinski definition) is 1. The molecule has 0 saturated carbocycles. The van der Waals surface area contributed by atoms with Crippen molar-refractivity contribution in [2.75, 3.05) is 0 Å². The van der Waals surface area contributed by atoms with Crippen molar-refractivity contribution in [3.8, 4) is 0 Å². The molecule has 1 aromatic rings. The molecule has 0 aromatic heterocycles. The highest BCUT2D eigenvalue weighted by atomic mass is 31.2. The van der Waals surface area contributed by atoms with Crippen molar-refractivity contribution < 1.29 is 14.4 Å². The summed E-state index contributed by atoms with van der Waals surface area (Å²) in [7, 11) is -4.02. The number of benzene rings is 1. The Balaban J connectivity index is 0.000000424. The summed E-state index contributed by atoms with van der Waals surface area (Å²) in [6, 6.07) is 7.70. The van der Waals surface area contributed by atoms with Crippen molar-refractivity contribution in [1.29, 1.82) is 0 Å². The fourth-order valence-electron chi connectivity index (χ4n) is 0.622. The van der Waals surface area contributed by atoms with Crippen molar-refractivity contribution in [2.45, 2.75) is 20.3 Å². The quantitative estimate of drug-likeness (QED) is 0.684. The Hall–Kier alpha value is -0.630. The van der Waals surface area contributed by atoms with E-state index in [1.54, 1.807) is 18.2 Å². The fourth-order valence-corrected chi connectivity index (χ4v) is 1.18. The van der Waals surface area contributed by atoms with E-state index in [0.717, 1.165) is 0 Å². The Morgan fingerprint density at radius 2 is 1.54 bits per heavy atom. The summed E-state index contributed by atoms with van der Waals surface area (Å²) < 4.78 is 10.5. The molecule has 2 N–H and O–H groups in total. The summed E-state index contributed by atoms with van der Waals surface area (Å²) in [5, 5.41) is 0.0648. The van der Waals surface area contributed by atoms with Gasteiger partial charge in [-0.3, -0.25) is 4.57 Å². The molecule has 3 nitrogen and oxygen atoms in total. The van der Waals surface area contributed by atoms with Gasteiger partial charge < -0.3 is 9.79 Å². The topological polar surface area (TPSA) is 57.5 Å². The van der Waals surface area contributed by atoms with Crippen molar-refractivity contribution in [1.82, 2.24) is 0 Å². The largest absolute Gasteiger partial charge is 0.356 e. The zero-order valence-corrected chi connectivity index (χ0v) is 8.74. The van der Waals surface area contributed by atoms with Gasteiger partial charge in [0, 0.05) is 0 Å². The molecule has 13 heavy (non-hydrogen) atoms. The van der Waals surface area contributed by atoms with Crippen molar-refractivity contribution in [3.63, 3.8) is 0 Å². The van der Waals surface area contributed by atoms with E-state index in [-0.39, 0.29) is 5.30 Å². The highest BCUT2D eigenvalue weighted by Crippen LogP contribution is 2.32. The Labute approximate surface area is 78.6 Å². The third-order valence-corrected chi connectivity index (χ3v) is 2.06. The van der Waals surface area contributed by atoms with Crippen LogP contribution < -0.4 is 5.30 Å². The molecule has 0 heterocycles. The van der Waals surface area contributed by atoms with Crippen LogP contribution in [0.4, 0.5) is 0 Å². The minimum absolute atomic E-state index is 0.0648. The summed E-state index contributed by atoms with van der Waals surface area (Å²) in [6.07, 6.45) is 1.25. The molecule has 1 rings (SSSR count). The van der Waals surface area contributed by atoms with Crippen LogP contribution >= 0.6 is 7.60 Å². The summed E-state index contributed by atoms with van der Waals surface area (Å²) >= 11 is 0. The highest BCUT2D eigenvalue weighted by Gasteiger charge is 2.14. The van der Waals surface area contributed by atoms with Crippen LogP contribution in [0, 0.1) is 0 Å². The lowest BCUT2D eigenvalue weighted by molar-refractivity contribution is 0.387. The molecule has 0 atom stereocenters. The average molecular weight is 202 g/mol. The van der Waals surface area contributed by atoms with E-state index in [1.165, 1.54) is 18.6 Å². The summed E-state index contributed by atoms with van der Waals surface area (Å²) in [4.78, 5) is 17.2. The average Bonchev–Trinajstić information content (AvgIpc) is 2.06. The summed E-state index contributed by atoms with van der Waals surface area (Å²) in [5.41, 5.74) is 0. The molecule has 0 aliphatic rings. The van der Waals surface area contributed by atoms with Gasteiger partial charge in [0.15, 0.2) is 0 Å². The van der Waals surface area contributed by atoms with Crippen LogP contribution in [0.3, 0.4) is 0 Å². The Morgan fingerprint density at radius 1 is 1.15 bits per heavy atom. The van der Waals surface area contributed by atoms with Gasteiger partial charge >= 0.3 is 7.60 Å². The van der Waals surface area contributed by atoms with Crippen LogP contribution in [0.5, 0.6) is 0 Å². The van der Waals surface area contributed by atoms with E-state index in [1.807, 2.05) is 0 Å². The van der Waals surface area contributed by atoms with Gasteiger partial charge in [-0.05, 0) is 12.1 Å². The molecule has 0 unspecified atom stereocenters. The van der Waals surface area contributed by atoms with E-state index in [2.05, 4.69) is 13.8 Å². The first kappa shape index (κ1) is 12.4. The number of rotatable bonds is 1. The molecule has 0 saturated heterocycles. The van der Waals surface area contributed by atoms with E-state index in [9.17, 15) is 4.57 Å². The lowest BCUT2D eigenvalue weighted by Crippen LogP contribution is -2.01. The summed E-state index contributed by atoms with van der Waals surface area (Å²) in [6.45, 7) is 4.25. The molecule has 0 spiro atoms. The maximum Gasteiger partial charge on any atom is 0.356 e. The van der Waals surface area contributed by atoms with Crippen LogP contribution in [-0.2, 0) is 4.57 Å². The fraction of sp³-hybridized carbons (Fsp3) is 0.333. The molecule has 0 aliphatic carbocycles. The smallest absolute Gasteiger partial charge is 0.321 e. The van der Waals surface area contributed by atoms with E-state index >= 15 is 0 Å². The molecule has 0 bridgehead atoms. The van der Waals surface area contributed by atoms with Crippen molar-refractivity contribution in [3.05, 3.63) is 30.3 Å². The Bertz CT molecular complexity index is 265. The molecule has 0 radical (unpaired) electrons. The summed E-state index contributed by atoms with van der Waals surface area (Å²) in [5.74, 6) is 0. The van der Waals surface area contributed by atoms with Gasteiger partial charge in [0.05, 0.1) is 5.30 Å². The van der Waals surface area contributed by atoms with Crippen LogP contribution in [-0.4, -0.2) is 9.79 Å².